The molecule has 1 saturated heterocycles. The first-order valence-electron chi connectivity index (χ1n) is 12.2. The van der Waals surface area contributed by atoms with Crippen LogP contribution in [0.3, 0.4) is 0 Å². The highest BCUT2D eigenvalue weighted by atomic mass is 16.5. The molecule has 188 valence electrons. The Bertz CT molecular complexity index is 1090. The topological polar surface area (TPSA) is 120 Å². The van der Waals surface area contributed by atoms with Gasteiger partial charge in [-0.25, -0.2) is 4.68 Å². The van der Waals surface area contributed by atoms with Gasteiger partial charge in [0, 0.05) is 19.0 Å². The summed E-state index contributed by atoms with van der Waals surface area (Å²) in [5.41, 5.74) is 15.7. The van der Waals surface area contributed by atoms with Gasteiger partial charge in [0.1, 0.15) is 11.4 Å². The van der Waals surface area contributed by atoms with Crippen LogP contribution in [0, 0.1) is 0 Å². The number of carbonyl (C=O) groups is 2. The second-order valence-electron chi connectivity index (χ2n) is 9.78. The molecular weight excluding hydrogens is 444 g/mol. The third-order valence-electron chi connectivity index (χ3n) is 7.11. The Labute approximate surface area is 206 Å². The van der Waals surface area contributed by atoms with Gasteiger partial charge in [0.05, 0.1) is 31.0 Å². The van der Waals surface area contributed by atoms with Crippen molar-refractivity contribution in [2.75, 3.05) is 39.5 Å². The summed E-state index contributed by atoms with van der Waals surface area (Å²) >= 11 is 0. The number of fused-ring (bicyclic) bond motifs is 1. The Morgan fingerprint density at radius 3 is 2.71 bits per heavy atom. The lowest BCUT2D eigenvalue weighted by atomic mass is 9.81. The molecule has 35 heavy (non-hydrogen) atoms. The zero-order valence-electron chi connectivity index (χ0n) is 20.7. The van der Waals surface area contributed by atoms with Gasteiger partial charge in [-0.2, -0.15) is 5.10 Å². The molecule has 1 aromatic heterocycles. The zero-order valence-corrected chi connectivity index (χ0v) is 20.7. The summed E-state index contributed by atoms with van der Waals surface area (Å²) in [5.74, 6) is -0.404. The van der Waals surface area contributed by atoms with Crippen LogP contribution < -0.4 is 11.5 Å². The fourth-order valence-electron chi connectivity index (χ4n) is 5.26. The van der Waals surface area contributed by atoms with Gasteiger partial charge in [-0.05, 0) is 57.0 Å². The lowest BCUT2D eigenvalue weighted by Gasteiger charge is -2.24. The van der Waals surface area contributed by atoms with Crippen molar-refractivity contribution < 1.29 is 14.3 Å². The third-order valence-corrected chi connectivity index (χ3v) is 7.11. The first kappa shape index (κ1) is 24.9. The van der Waals surface area contributed by atoms with E-state index in [1.54, 1.807) is 9.58 Å². The summed E-state index contributed by atoms with van der Waals surface area (Å²) in [6.45, 7) is 5.89. The zero-order chi connectivity index (χ0) is 25.1. The molecule has 0 bridgehead atoms. The molecule has 2 aliphatic rings. The van der Waals surface area contributed by atoms with Crippen molar-refractivity contribution >= 4 is 17.6 Å². The number of aryl methyl sites for hydroxylation is 1. The molecule has 4 N–H and O–H groups in total. The van der Waals surface area contributed by atoms with Crippen LogP contribution in [0.2, 0.25) is 0 Å². The number of nitrogen functional groups attached to an aromatic ring is 1. The SMILES string of the molecule is C=CC(=O)N1C[C@H](OCCN(C)C)C[C@H]1Cn1nc([C@@H]2CCc3ccccc3C2)c(C(N)=O)c1N. The van der Waals surface area contributed by atoms with Gasteiger partial charge in [0.2, 0.25) is 5.91 Å². The van der Waals surface area contributed by atoms with Crippen molar-refractivity contribution in [3.05, 3.63) is 59.3 Å². The van der Waals surface area contributed by atoms with Gasteiger partial charge in [0.15, 0.2) is 0 Å². The number of benzene rings is 1. The molecule has 9 heteroatoms. The predicted octanol–water partition coefficient (Wildman–Crippen LogP) is 1.57. The Morgan fingerprint density at radius 1 is 1.29 bits per heavy atom. The highest BCUT2D eigenvalue weighted by Gasteiger charge is 2.37. The summed E-state index contributed by atoms with van der Waals surface area (Å²) in [6, 6.07) is 8.18. The molecule has 0 saturated carbocycles. The molecule has 1 fully saturated rings. The monoisotopic (exact) mass is 480 g/mol. The third kappa shape index (κ3) is 5.41. The van der Waals surface area contributed by atoms with Crippen LogP contribution in [0.5, 0.6) is 0 Å². The molecule has 3 atom stereocenters. The average molecular weight is 481 g/mol. The number of rotatable bonds is 9. The molecule has 9 nitrogen and oxygen atoms in total. The maximum absolute atomic E-state index is 12.6. The van der Waals surface area contributed by atoms with Gasteiger partial charge < -0.3 is 26.0 Å². The van der Waals surface area contributed by atoms with E-state index in [0.717, 1.165) is 25.8 Å². The maximum atomic E-state index is 12.6. The second kappa shape index (κ2) is 10.6. The van der Waals surface area contributed by atoms with Crippen LogP contribution in [-0.2, 0) is 28.9 Å². The molecule has 4 rings (SSSR count). The number of nitrogens with zero attached hydrogens (tertiary/aromatic N) is 4. The normalized spacial score (nSPS) is 21.8. The number of hydrogen-bond donors (Lipinski definition) is 2. The van der Waals surface area contributed by atoms with Gasteiger partial charge in [-0.1, -0.05) is 30.8 Å². The molecule has 1 aliphatic heterocycles. The summed E-state index contributed by atoms with van der Waals surface area (Å²) in [7, 11) is 3.99. The van der Waals surface area contributed by atoms with Crippen molar-refractivity contribution in [1.29, 1.82) is 0 Å². The maximum Gasteiger partial charge on any atom is 0.254 e. The highest BCUT2D eigenvalue weighted by Crippen LogP contribution is 2.35. The number of hydrogen-bond acceptors (Lipinski definition) is 6. The fourth-order valence-corrected chi connectivity index (χ4v) is 5.26. The molecule has 1 aliphatic carbocycles. The van der Waals surface area contributed by atoms with Gasteiger partial charge in [0.25, 0.3) is 5.91 Å². The quantitative estimate of drug-likeness (QED) is 0.526. The molecule has 0 unspecified atom stereocenters. The first-order chi connectivity index (χ1) is 16.8. The Morgan fingerprint density at radius 2 is 2.03 bits per heavy atom. The molecular formula is C26H36N6O3. The van der Waals surface area contributed by atoms with Crippen molar-refractivity contribution in [2.24, 2.45) is 5.73 Å². The lowest BCUT2D eigenvalue weighted by molar-refractivity contribution is -0.127. The van der Waals surface area contributed by atoms with Crippen LogP contribution >= 0.6 is 0 Å². The van der Waals surface area contributed by atoms with E-state index in [1.807, 2.05) is 20.2 Å². The molecule has 2 heterocycles. The van der Waals surface area contributed by atoms with Gasteiger partial charge in [-0.3, -0.25) is 9.59 Å². The van der Waals surface area contributed by atoms with E-state index >= 15 is 0 Å². The number of carbonyl (C=O) groups excluding carboxylic acids is 2. The summed E-state index contributed by atoms with van der Waals surface area (Å²) in [6.07, 6.45) is 4.48. The van der Waals surface area contributed by atoms with Gasteiger partial charge >= 0.3 is 0 Å². The molecule has 0 spiro atoms. The Hall–Kier alpha value is -3.17. The van der Waals surface area contributed by atoms with E-state index in [-0.39, 0.29) is 29.8 Å². The predicted molar refractivity (Wildman–Crippen MR) is 135 cm³/mol. The van der Waals surface area contributed by atoms with Crippen molar-refractivity contribution in [3.8, 4) is 0 Å². The highest BCUT2D eigenvalue weighted by molar-refractivity contribution is 5.98. The van der Waals surface area contributed by atoms with E-state index in [2.05, 4.69) is 29.7 Å². The van der Waals surface area contributed by atoms with Crippen molar-refractivity contribution in [2.45, 2.75) is 50.3 Å². The van der Waals surface area contributed by atoms with E-state index in [0.29, 0.717) is 37.4 Å². The minimum Gasteiger partial charge on any atom is -0.383 e. The average Bonchev–Trinajstić information content (AvgIpc) is 3.39. The van der Waals surface area contributed by atoms with E-state index < -0.39 is 5.91 Å². The number of anilines is 1. The van der Waals surface area contributed by atoms with Crippen molar-refractivity contribution in [3.63, 3.8) is 0 Å². The van der Waals surface area contributed by atoms with E-state index in [4.69, 9.17) is 21.3 Å². The number of likely N-dealkylation sites (N-methyl/N-ethyl adjacent to an activating group) is 1. The number of amides is 2. The Kier molecular flexibility index (Phi) is 7.57. The van der Waals surface area contributed by atoms with Crippen LogP contribution in [0.15, 0.2) is 36.9 Å². The fraction of sp³-hybridized carbons (Fsp3) is 0.500. The number of aromatic nitrogens is 2. The summed E-state index contributed by atoms with van der Waals surface area (Å²) in [4.78, 5) is 28.8. The summed E-state index contributed by atoms with van der Waals surface area (Å²) in [5, 5.41) is 4.80. The first-order valence-corrected chi connectivity index (χ1v) is 12.2. The van der Waals surface area contributed by atoms with Gasteiger partial charge in [-0.15, -0.1) is 0 Å². The largest absolute Gasteiger partial charge is 0.383 e. The number of ether oxygens (including phenoxy) is 1. The van der Waals surface area contributed by atoms with Crippen LogP contribution in [0.4, 0.5) is 5.82 Å². The Balaban J connectivity index is 1.56. The lowest BCUT2D eigenvalue weighted by Crippen LogP contribution is -2.37. The van der Waals surface area contributed by atoms with Crippen LogP contribution in [-0.4, -0.2) is 77.3 Å². The van der Waals surface area contributed by atoms with Crippen LogP contribution in [0.25, 0.3) is 0 Å². The molecule has 0 radical (unpaired) electrons. The minimum absolute atomic E-state index is 0.0625. The smallest absolute Gasteiger partial charge is 0.254 e. The number of primary amides is 1. The standard InChI is InChI=1S/C26H36N6O3/c1-4-22(33)31-16-21(35-12-11-30(2)3)14-20(31)15-32-25(27)23(26(28)34)24(29-32)19-10-9-17-7-5-6-8-18(17)13-19/h4-8,19-21H,1,9-16,27H2,2-3H3,(H2,28,34)/t19-,20+,21-/m1/s1. The second-order valence-corrected chi connectivity index (χ2v) is 9.78. The van der Waals surface area contributed by atoms with E-state index in [1.165, 1.54) is 17.2 Å². The minimum atomic E-state index is -0.571. The number of likely N-dealkylation sites (tertiary alicyclic amines) is 1. The molecule has 2 aromatic rings. The summed E-state index contributed by atoms with van der Waals surface area (Å²) < 4.78 is 7.67. The number of nitrogens with two attached hydrogens (primary N) is 2. The molecule has 2 amide bonds. The van der Waals surface area contributed by atoms with Crippen LogP contribution in [0.1, 0.15) is 45.9 Å². The molecule has 1 aromatic carbocycles. The van der Waals surface area contributed by atoms with E-state index in [9.17, 15) is 9.59 Å². The van der Waals surface area contributed by atoms with Crippen molar-refractivity contribution in [1.82, 2.24) is 19.6 Å².